The van der Waals surface area contributed by atoms with E-state index in [1.807, 2.05) is 12.2 Å². The van der Waals surface area contributed by atoms with Gasteiger partial charge in [-0.2, -0.15) is 4.99 Å². The molecule has 0 aliphatic heterocycles. The first-order valence-corrected chi connectivity index (χ1v) is 4.43. The van der Waals surface area contributed by atoms with Crippen LogP contribution in [0.15, 0.2) is 17.1 Å². The number of carbonyl (C=O) groups excluding carboxylic acids is 2. The van der Waals surface area contributed by atoms with Crippen LogP contribution in [-0.2, 0) is 14.3 Å². The molecule has 3 atom stereocenters. The molecule has 0 aromatic carbocycles. The summed E-state index contributed by atoms with van der Waals surface area (Å²) < 4.78 is 4.67. The molecule has 1 saturated carbocycles. The topological polar surface area (TPSA) is 55.7 Å². The summed E-state index contributed by atoms with van der Waals surface area (Å²) in [5.74, 6) is -0.399. The van der Waals surface area contributed by atoms with Gasteiger partial charge in [0.2, 0.25) is 6.08 Å². The van der Waals surface area contributed by atoms with Gasteiger partial charge >= 0.3 is 5.97 Å². The first kappa shape index (κ1) is 9.16. The van der Waals surface area contributed by atoms with E-state index in [-0.39, 0.29) is 17.8 Å². The van der Waals surface area contributed by atoms with Crippen molar-refractivity contribution in [2.24, 2.45) is 16.8 Å². The maximum atomic E-state index is 11.3. The van der Waals surface area contributed by atoms with Crippen molar-refractivity contribution in [3.63, 3.8) is 0 Å². The minimum Gasteiger partial charge on any atom is -0.469 e. The van der Waals surface area contributed by atoms with Crippen molar-refractivity contribution < 1.29 is 14.3 Å². The molecule has 4 nitrogen and oxygen atoms in total. The molecule has 2 aliphatic rings. The van der Waals surface area contributed by atoms with Gasteiger partial charge in [0, 0.05) is 6.42 Å². The van der Waals surface area contributed by atoms with E-state index in [0.29, 0.717) is 6.42 Å². The molecule has 1 fully saturated rings. The van der Waals surface area contributed by atoms with Crippen molar-refractivity contribution in [1.29, 1.82) is 0 Å². The van der Waals surface area contributed by atoms with E-state index in [2.05, 4.69) is 9.73 Å². The fourth-order valence-corrected chi connectivity index (χ4v) is 2.19. The molecule has 2 bridgehead atoms. The van der Waals surface area contributed by atoms with E-state index in [1.54, 1.807) is 12.5 Å². The average molecular weight is 192 g/mol. The number of hydrogen-bond donors (Lipinski definition) is 0. The summed E-state index contributed by atoms with van der Waals surface area (Å²) in [5.41, 5.74) is -0.592. The second-order valence-electron chi connectivity index (χ2n) is 3.64. The summed E-state index contributed by atoms with van der Waals surface area (Å²) in [6.07, 6.45) is 7.77. The monoisotopic (exact) mass is 192 g/mol. The summed E-state index contributed by atoms with van der Waals surface area (Å²) >= 11 is 0. The maximum Gasteiger partial charge on any atom is 0.309 e. The Morgan fingerprint density at radius 2 is 2.50 bits per heavy atom. The molecule has 0 aromatic rings. The molecule has 0 amide bonds. The Morgan fingerprint density at radius 3 is 3.14 bits per heavy atom. The number of ether oxygens (including phenoxy) is 1. The highest BCUT2D eigenvalue weighted by Crippen LogP contribution is 2.48. The minimum absolute atomic E-state index is 0.125. The lowest BCUT2D eigenvalue weighted by molar-refractivity contribution is -0.144. The standard InChI is InChI=1S/C10H10NO3/c1-14-9(13)8-5-10(11-6-12)3-2-7(8)4-10/h2-3,5,7-8H,4H2,1H3. The van der Waals surface area contributed by atoms with Crippen LogP contribution >= 0.6 is 0 Å². The van der Waals surface area contributed by atoms with Crippen molar-refractivity contribution in [2.75, 3.05) is 7.11 Å². The quantitative estimate of drug-likeness (QED) is 0.279. The number of esters is 1. The zero-order valence-corrected chi connectivity index (χ0v) is 7.77. The van der Waals surface area contributed by atoms with Crippen LogP contribution in [0.4, 0.5) is 0 Å². The largest absolute Gasteiger partial charge is 0.469 e. The van der Waals surface area contributed by atoms with Gasteiger partial charge in [-0.25, -0.2) is 4.79 Å². The Bertz CT molecular complexity index is 343. The van der Waals surface area contributed by atoms with E-state index < -0.39 is 5.54 Å². The van der Waals surface area contributed by atoms with Crippen LogP contribution in [0.5, 0.6) is 0 Å². The van der Waals surface area contributed by atoms with Gasteiger partial charge in [-0.15, -0.1) is 0 Å². The lowest BCUT2D eigenvalue weighted by atomic mass is 9.91. The van der Waals surface area contributed by atoms with Crippen LogP contribution in [-0.4, -0.2) is 24.7 Å². The molecule has 0 aromatic heterocycles. The van der Waals surface area contributed by atoms with Crippen LogP contribution in [0.3, 0.4) is 0 Å². The maximum absolute atomic E-state index is 11.3. The second-order valence-corrected chi connectivity index (χ2v) is 3.64. The molecule has 1 radical (unpaired) electrons. The van der Waals surface area contributed by atoms with Gasteiger partial charge in [-0.1, -0.05) is 12.2 Å². The number of aliphatic imine (C=N–C) groups is 1. The highest BCUT2D eigenvalue weighted by atomic mass is 16.5. The number of methoxy groups -OCH3 is 1. The Labute approximate surface area is 81.7 Å². The predicted octanol–water partition coefficient (Wildman–Crippen LogP) is 0.644. The minimum atomic E-state index is -0.592. The second kappa shape index (κ2) is 3.07. The van der Waals surface area contributed by atoms with Gasteiger partial charge in [0.15, 0.2) is 0 Å². The van der Waals surface area contributed by atoms with Crippen LogP contribution in [0.25, 0.3) is 0 Å². The smallest absolute Gasteiger partial charge is 0.309 e. The number of nitrogens with zero attached hydrogens (tertiary/aromatic N) is 1. The summed E-state index contributed by atoms with van der Waals surface area (Å²) in [7, 11) is 1.36. The molecule has 73 valence electrons. The fourth-order valence-electron chi connectivity index (χ4n) is 2.19. The van der Waals surface area contributed by atoms with Crippen molar-refractivity contribution in [3.05, 3.63) is 18.6 Å². The molecule has 2 rings (SSSR count). The lowest BCUT2D eigenvalue weighted by Gasteiger charge is -2.18. The van der Waals surface area contributed by atoms with Crippen LogP contribution < -0.4 is 0 Å². The van der Waals surface area contributed by atoms with Gasteiger partial charge in [-0.3, -0.25) is 4.79 Å². The highest BCUT2D eigenvalue weighted by molar-refractivity contribution is 5.76. The first-order chi connectivity index (χ1) is 6.71. The SMILES string of the molecule is COC(=O)C1[CH]C2(N=C=O)C=CC1C2. The van der Waals surface area contributed by atoms with Crippen LogP contribution in [0.1, 0.15) is 6.42 Å². The molecular weight excluding hydrogens is 182 g/mol. The molecule has 0 saturated heterocycles. The molecule has 2 aliphatic carbocycles. The number of isocyanates is 1. The Hall–Kier alpha value is -1.41. The van der Waals surface area contributed by atoms with E-state index >= 15 is 0 Å². The zero-order valence-electron chi connectivity index (χ0n) is 7.77. The molecule has 0 N–H and O–H groups in total. The predicted molar refractivity (Wildman–Crippen MR) is 47.9 cm³/mol. The Kier molecular flexibility index (Phi) is 2.01. The van der Waals surface area contributed by atoms with Crippen molar-refractivity contribution in [3.8, 4) is 0 Å². The number of allylic oxidation sites excluding steroid dienone is 1. The third-order valence-electron chi connectivity index (χ3n) is 2.85. The summed E-state index contributed by atoms with van der Waals surface area (Å²) in [6, 6.07) is 0. The fraction of sp³-hybridized carbons (Fsp3) is 0.500. The average Bonchev–Trinajstić information content (AvgIpc) is 2.74. The Morgan fingerprint density at radius 1 is 1.71 bits per heavy atom. The number of carbonyl (C=O) groups is 1. The zero-order chi connectivity index (χ0) is 10.2. The summed E-state index contributed by atoms with van der Waals surface area (Å²) in [5, 5.41) is 0. The van der Waals surface area contributed by atoms with Crippen molar-refractivity contribution >= 4 is 12.0 Å². The van der Waals surface area contributed by atoms with E-state index in [9.17, 15) is 9.59 Å². The molecule has 3 unspecified atom stereocenters. The van der Waals surface area contributed by atoms with Gasteiger partial charge in [-0.05, 0) is 12.3 Å². The third kappa shape index (κ3) is 1.19. The van der Waals surface area contributed by atoms with Crippen LogP contribution in [0, 0.1) is 18.3 Å². The van der Waals surface area contributed by atoms with E-state index in [1.165, 1.54) is 7.11 Å². The highest BCUT2D eigenvalue weighted by Gasteiger charge is 2.50. The third-order valence-corrected chi connectivity index (χ3v) is 2.85. The first-order valence-electron chi connectivity index (χ1n) is 4.43. The van der Waals surface area contributed by atoms with Gasteiger partial charge in [0.05, 0.1) is 18.6 Å². The molecule has 14 heavy (non-hydrogen) atoms. The van der Waals surface area contributed by atoms with Gasteiger partial charge in [0.1, 0.15) is 0 Å². The summed E-state index contributed by atoms with van der Waals surface area (Å²) in [4.78, 5) is 25.3. The van der Waals surface area contributed by atoms with Gasteiger partial charge in [0.25, 0.3) is 0 Å². The normalized spacial score (nSPS) is 38.1. The number of rotatable bonds is 2. The lowest BCUT2D eigenvalue weighted by Crippen LogP contribution is -2.25. The van der Waals surface area contributed by atoms with E-state index in [4.69, 9.17) is 0 Å². The number of fused-ring (bicyclic) bond motifs is 2. The van der Waals surface area contributed by atoms with Crippen molar-refractivity contribution in [1.82, 2.24) is 0 Å². The number of hydrogen-bond acceptors (Lipinski definition) is 4. The summed E-state index contributed by atoms with van der Waals surface area (Å²) in [6.45, 7) is 0. The molecular formula is C10H10NO3. The van der Waals surface area contributed by atoms with Gasteiger partial charge < -0.3 is 4.74 Å². The van der Waals surface area contributed by atoms with Crippen LogP contribution in [0.2, 0.25) is 0 Å². The van der Waals surface area contributed by atoms with Crippen molar-refractivity contribution in [2.45, 2.75) is 12.0 Å². The molecule has 4 heteroatoms. The molecule has 0 spiro atoms. The van der Waals surface area contributed by atoms with E-state index in [0.717, 1.165) is 0 Å². The molecule has 0 heterocycles. The Balaban J connectivity index is 2.21.